The van der Waals surface area contributed by atoms with E-state index < -0.39 is 0 Å². The van der Waals surface area contributed by atoms with Crippen LogP contribution in [0.3, 0.4) is 0 Å². The lowest BCUT2D eigenvalue weighted by molar-refractivity contribution is 0.0963. The number of aromatic nitrogens is 3. The minimum Gasteiger partial charge on any atom is -0.355 e. The number of nitrogens with one attached hydrogen (secondary N) is 2. The number of rotatable bonds is 2. The van der Waals surface area contributed by atoms with Gasteiger partial charge in [-0.2, -0.15) is 0 Å². The molecule has 2 N–H and O–H groups in total. The number of aromatic amines is 1. The highest BCUT2D eigenvalue weighted by Crippen LogP contribution is 2.22. The van der Waals surface area contributed by atoms with E-state index in [0.29, 0.717) is 5.56 Å². The van der Waals surface area contributed by atoms with Crippen LogP contribution in [0.25, 0.3) is 21.9 Å². The fraction of sp³-hybridized carbons (Fsp3) is 0.0833. The van der Waals surface area contributed by atoms with Gasteiger partial charge in [0.25, 0.3) is 5.91 Å². The number of nitrogens with zero attached hydrogens (tertiary/aromatic N) is 2. The summed E-state index contributed by atoms with van der Waals surface area (Å²) in [6.45, 7) is 0. The van der Waals surface area contributed by atoms with E-state index in [1.807, 2.05) is 11.4 Å². The molecule has 0 unspecified atom stereocenters. The zero-order valence-corrected chi connectivity index (χ0v) is 10.4. The summed E-state index contributed by atoms with van der Waals surface area (Å²) in [4.78, 5) is 23.4. The summed E-state index contributed by atoms with van der Waals surface area (Å²) in [6, 6.07) is 5.39. The number of amides is 1. The third-order valence-corrected chi connectivity index (χ3v) is 3.39. The van der Waals surface area contributed by atoms with E-state index in [2.05, 4.69) is 20.3 Å². The molecule has 1 amide bonds. The summed E-state index contributed by atoms with van der Waals surface area (Å²) < 4.78 is 0. The van der Waals surface area contributed by atoms with Crippen molar-refractivity contribution in [2.24, 2.45) is 0 Å². The second-order valence-electron chi connectivity index (χ2n) is 3.73. The maximum atomic E-state index is 11.5. The molecule has 2 aromatic heterocycles. The molecule has 3 aromatic rings. The van der Waals surface area contributed by atoms with Crippen LogP contribution in [-0.2, 0) is 0 Å². The third-order valence-electron chi connectivity index (χ3n) is 2.61. The van der Waals surface area contributed by atoms with Crippen molar-refractivity contribution in [3.63, 3.8) is 0 Å². The molecule has 3 rings (SSSR count). The minimum atomic E-state index is -0.115. The Bertz CT molecular complexity index is 702. The van der Waals surface area contributed by atoms with Crippen LogP contribution in [0.5, 0.6) is 0 Å². The van der Waals surface area contributed by atoms with Crippen LogP contribution >= 0.6 is 11.3 Å². The molecule has 0 fully saturated rings. The molecule has 0 radical (unpaired) electrons. The van der Waals surface area contributed by atoms with Gasteiger partial charge < -0.3 is 10.3 Å². The first-order chi connectivity index (χ1) is 8.78. The van der Waals surface area contributed by atoms with Gasteiger partial charge >= 0.3 is 0 Å². The van der Waals surface area contributed by atoms with Crippen LogP contribution in [0.1, 0.15) is 10.4 Å². The summed E-state index contributed by atoms with van der Waals surface area (Å²) >= 11 is 1.52. The smallest absolute Gasteiger partial charge is 0.251 e. The molecular weight excluding hydrogens is 248 g/mol. The second-order valence-corrected chi connectivity index (χ2v) is 4.63. The van der Waals surface area contributed by atoms with E-state index >= 15 is 0 Å². The largest absolute Gasteiger partial charge is 0.355 e. The lowest BCUT2D eigenvalue weighted by atomic mass is 10.2. The topological polar surface area (TPSA) is 70.7 Å². The van der Waals surface area contributed by atoms with E-state index in [1.165, 1.54) is 11.3 Å². The monoisotopic (exact) mass is 258 g/mol. The van der Waals surface area contributed by atoms with Gasteiger partial charge in [0.1, 0.15) is 0 Å². The van der Waals surface area contributed by atoms with Crippen molar-refractivity contribution >= 4 is 28.3 Å². The van der Waals surface area contributed by atoms with E-state index in [1.54, 1.807) is 25.4 Å². The van der Waals surface area contributed by atoms with Crippen LogP contribution in [0.2, 0.25) is 0 Å². The predicted molar refractivity (Wildman–Crippen MR) is 70.6 cm³/mol. The SMILES string of the molecule is CNC(=O)c1ccc2[nH]c(-c3nccs3)nc2c1. The highest BCUT2D eigenvalue weighted by Gasteiger charge is 2.09. The molecule has 0 aliphatic carbocycles. The zero-order chi connectivity index (χ0) is 12.5. The molecule has 5 nitrogen and oxygen atoms in total. The van der Waals surface area contributed by atoms with Gasteiger partial charge in [-0.1, -0.05) is 0 Å². The Morgan fingerprint density at radius 3 is 3.06 bits per heavy atom. The summed E-state index contributed by atoms with van der Waals surface area (Å²) in [7, 11) is 1.61. The van der Waals surface area contributed by atoms with Crippen molar-refractivity contribution in [3.8, 4) is 10.8 Å². The first-order valence-corrected chi connectivity index (χ1v) is 6.27. The fourth-order valence-corrected chi connectivity index (χ4v) is 2.31. The summed E-state index contributed by atoms with van der Waals surface area (Å²) in [5.41, 5.74) is 2.26. The van der Waals surface area contributed by atoms with Crippen LogP contribution < -0.4 is 5.32 Å². The number of fused-ring (bicyclic) bond motifs is 1. The number of carbonyl (C=O) groups excluding carboxylic acids is 1. The van der Waals surface area contributed by atoms with Crippen molar-refractivity contribution in [2.75, 3.05) is 7.05 Å². The van der Waals surface area contributed by atoms with E-state index in [9.17, 15) is 4.79 Å². The number of hydrogen-bond acceptors (Lipinski definition) is 4. The van der Waals surface area contributed by atoms with Gasteiger partial charge in [0.15, 0.2) is 10.8 Å². The number of thiazole rings is 1. The Kier molecular flexibility index (Phi) is 2.56. The maximum Gasteiger partial charge on any atom is 0.251 e. The van der Waals surface area contributed by atoms with Crippen LogP contribution in [0, 0.1) is 0 Å². The van der Waals surface area contributed by atoms with E-state index in [4.69, 9.17) is 0 Å². The molecule has 0 atom stereocenters. The van der Waals surface area contributed by atoms with Crippen LogP contribution in [-0.4, -0.2) is 27.9 Å². The first kappa shape index (κ1) is 10.9. The highest BCUT2D eigenvalue weighted by molar-refractivity contribution is 7.13. The normalized spacial score (nSPS) is 10.7. The number of carbonyl (C=O) groups is 1. The Morgan fingerprint density at radius 2 is 2.33 bits per heavy atom. The summed E-state index contributed by atoms with van der Waals surface area (Å²) in [6.07, 6.45) is 1.74. The molecule has 0 saturated carbocycles. The summed E-state index contributed by atoms with van der Waals surface area (Å²) in [5, 5.41) is 5.33. The molecule has 18 heavy (non-hydrogen) atoms. The van der Waals surface area contributed by atoms with Crippen molar-refractivity contribution < 1.29 is 4.79 Å². The van der Waals surface area contributed by atoms with E-state index in [-0.39, 0.29) is 5.91 Å². The van der Waals surface area contributed by atoms with Crippen molar-refractivity contribution in [1.82, 2.24) is 20.3 Å². The van der Waals surface area contributed by atoms with Crippen molar-refractivity contribution in [2.45, 2.75) is 0 Å². The Balaban J connectivity index is 2.10. The molecule has 0 saturated heterocycles. The molecule has 90 valence electrons. The lowest BCUT2D eigenvalue weighted by Crippen LogP contribution is -2.17. The van der Waals surface area contributed by atoms with Gasteiger partial charge in [0, 0.05) is 24.2 Å². The fourth-order valence-electron chi connectivity index (χ4n) is 1.73. The number of benzene rings is 1. The quantitative estimate of drug-likeness (QED) is 0.739. The van der Waals surface area contributed by atoms with E-state index in [0.717, 1.165) is 21.9 Å². The molecule has 0 spiro atoms. The Morgan fingerprint density at radius 1 is 1.44 bits per heavy atom. The average molecular weight is 258 g/mol. The molecule has 0 aliphatic rings. The predicted octanol–water partition coefficient (Wildman–Crippen LogP) is 2.05. The van der Waals surface area contributed by atoms with Gasteiger partial charge in [-0.05, 0) is 18.2 Å². The third kappa shape index (κ3) is 1.76. The van der Waals surface area contributed by atoms with Gasteiger partial charge in [0.05, 0.1) is 11.0 Å². The number of imidazole rings is 1. The van der Waals surface area contributed by atoms with Gasteiger partial charge in [-0.15, -0.1) is 11.3 Å². The van der Waals surface area contributed by atoms with Crippen molar-refractivity contribution in [1.29, 1.82) is 0 Å². The number of H-pyrrole nitrogens is 1. The minimum absolute atomic E-state index is 0.115. The molecule has 0 bridgehead atoms. The summed E-state index contributed by atoms with van der Waals surface area (Å²) in [5.74, 6) is 0.616. The van der Waals surface area contributed by atoms with Crippen LogP contribution in [0.15, 0.2) is 29.8 Å². The Hall–Kier alpha value is -2.21. The van der Waals surface area contributed by atoms with Gasteiger partial charge in [-0.25, -0.2) is 9.97 Å². The zero-order valence-electron chi connectivity index (χ0n) is 9.60. The molecular formula is C12H10N4OS. The molecule has 0 aliphatic heterocycles. The lowest BCUT2D eigenvalue weighted by Gasteiger charge is -1.97. The number of hydrogen-bond donors (Lipinski definition) is 2. The van der Waals surface area contributed by atoms with Crippen molar-refractivity contribution in [3.05, 3.63) is 35.3 Å². The highest BCUT2D eigenvalue weighted by atomic mass is 32.1. The maximum absolute atomic E-state index is 11.5. The average Bonchev–Trinajstić information content (AvgIpc) is 3.04. The first-order valence-electron chi connectivity index (χ1n) is 5.39. The van der Waals surface area contributed by atoms with Gasteiger partial charge in [0.2, 0.25) is 0 Å². The second kappa shape index (κ2) is 4.23. The molecule has 6 heteroatoms. The molecule has 1 aromatic carbocycles. The standard InChI is InChI=1S/C12H10N4OS/c1-13-11(17)7-2-3-8-9(6-7)16-10(15-8)12-14-4-5-18-12/h2-6H,1H3,(H,13,17)(H,15,16). The van der Waals surface area contributed by atoms with Gasteiger partial charge in [-0.3, -0.25) is 4.79 Å². The van der Waals surface area contributed by atoms with Crippen LogP contribution in [0.4, 0.5) is 0 Å². The Labute approximate surface area is 107 Å². The molecule has 2 heterocycles.